The van der Waals surface area contributed by atoms with Gasteiger partial charge < -0.3 is 31.1 Å². The predicted octanol–water partition coefficient (Wildman–Crippen LogP) is 11.0. The first kappa shape index (κ1) is 70.2. The molecule has 0 aromatic carbocycles. The molecule has 24 nitrogen and oxygen atoms in total. The van der Waals surface area contributed by atoms with Gasteiger partial charge in [-0.25, -0.2) is 0 Å². The third kappa shape index (κ3) is 14.9. The van der Waals surface area contributed by atoms with Crippen LogP contribution >= 0.6 is 0 Å². The van der Waals surface area contributed by atoms with Gasteiger partial charge in [-0.1, -0.05) is 0 Å². The lowest BCUT2D eigenvalue weighted by Crippen LogP contribution is -2.63. The Balaban J connectivity index is 1.19. The zero-order chi connectivity index (χ0) is 65.9. The lowest BCUT2D eigenvalue weighted by Gasteiger charge is -2.52. The van der Waals surface area contributed by atoms with E-state index in [1.165, 1.54) is 30.4 Å². The van der Waals surface area contributed by atoms with E-state index >= 15 is 0 Å². The molecule has 0 saturated carbocycles. The summed E-state index contributed by atoms with van der Waals surface area (Å²) in [5, 5.41) is 105. The number of hydrogen-bond acceptors (Lipinski definition) is 18. The largest absolute Gasteiger partial charge is 0.351 e. The summed E-state index contributed by atoms with van der Waals surface area (Å²) in [5.74, 6) is 2.46. The maximum atomic E-state index is 14.1. The number of aromatic nitrogens is 6. The van der Waals surface area contributed by atoms with Crippen molar-refractivity contribution in [3.05, 3.63) is 0 Å². The Morgan fingerprint density at radius 3 is 0.614 bits per heavy atom. The number of nitrogens with zero attached hydrogens (tertiary/aromatic N) is 14. The third-order valence-electron chi connectivity index (χ3n) is 20.5. The van der Waals surface area contributed by atoms with Gasteiger partial charge in [-0.2, -0.15) is 29.9 Å². The van der Waals surface area contributed by atoms with Crippen molar-refractivity contribution in [2.24, 2.45) is 0 Å². The van der Waals surface area contributed by atoms with E-state index in [0.717, 1.165) is 0 Å². The average molecular weight is 1230 g/mol. The second kappa shape index (κ2) is 23.7. The molecule has 0 amide bonds. The van der Waals surface area contributed by atoms with Gasteiger partial charge in [0.25, 0.3) is 0 Å². The van der Waals surface area contributed by atoms with Crippen LogP contribution in [0.25, 0.3) is 0 Å². The first-order chi connectivity index (χ1) is 39.9. The van der Waals surface area contributed by atoms with Gasteiger partial charge >= 0.3 is 0 Å². The highest BCUT2D eigenvalue weighted by Gasteiger charge is 2.53. The summed E-state index contributed by atoms with van der Waals surface area (Å²) in [6.07, 6.45) is 7.96. The molecule has 0 aliphatic carbocycles. The zero-order valence-electron chi connectivity index (χ0n) is 58.5. The Hall–Kier alpha value is -3.66. The summed E-state index contributed by atoms with van der Waals surface area (Å²) >= 11 is 0. The van der Waals surface area contributed by atoms with Crippen LogP contribution in [0, 0.1) is 0 Å². The molecule has 4 N–H and O–H groups in total. The molecule has 0 spiro atoms. The maximum Gasteiger partial charge on any atom is 0.232 e. The van der Waals surface area contributed by atoms with E-state index in [1.807, 2.05) is 166 Å². The van der Waals surface area contributed by atoms with Crippen LogP contribution in [-0.4, -0.2) is 176 Å². The number of rotatable bonds is 17. The Morgan fingerprint density at radius 2 is 0.443 bits per heavy atom. The molecule has 6 radical (unpaired) electrons. The summed E-state index contributed by atoms with van der Waals surface area (Å²) < 4.78 is 0. The molecule has 0 unspecified atom stereocenters. The highest BCUT2D eigenvalue weighted by molar-refractivity contribution is 5.48. The van der Waals surface area contributed by atoms with Gasteiger partial charge in [-0.05, 0) is 256 Å². The van der Waals surface area contributed by atoms with E-state index in [-0.39, 0.29) is 36.3 Å². The topological polar surface area (TPSA) is 271 Å². The molecule has 24 heteroatoms. The van der Waals surface area contributed by atoms with E-state index in [9.17, 15) is 31.2 Å². The van der Waals surface area contributed by atoms with Gasteiger partial charge in [-0.15, -0.1) is 61.6 Å². The van der Waals surface area contributed by atoms with Crippen molar-refractivity contribution in [2.75, 3.05) is 44.2 Å². The highest BCUT2D eigenvalue weighted by atomic mass is 16.5. The second-order valence-corrected chi connectivity index (χ2v) is 35.3. The lowest BCUT2D eigenvalue weighted by atomic mass is 9.78. The van der Waals surface area contributed by atoms with Crippen LogP contribution in [0.3, 0.4) is 0 Å². The number of nitrogens with one attached hydrogen (secondary N) is 4. The molecule has 6 aliphatic heterocycles. The van der Waals surface area contributed by atoms with Crippen molar-refractivity contribution in [3.63, 3.8) is 0 Å². The predicted molar refractivity (Wildman–Crippen MR) is 340 cm³/mol. The molecule has 6 aliphatic rings. The molecule has 8 rings (SSSR count). The van der Waals surface area contributed by atoms with Gasteiger partial charge in [-0.3, -0.25) is 0 Å². The molecule has 2 aromatic rings. The second-order valence-electron chi connectivity index (χ2n) is 35.3. The van der Waals surface area contributed by atoms with Gasteiger partial charge in [0.05, 0.1) is 0 Å². The van der Waals surface area contributed by atoms with Crippen LogP contribution in [0.4, 0.5) is 35.7 Å². The Labute approximate surface area is 528 Å². The van der Waals surface area contributed by atoms with Gasteiger partial charge in [0.2, 0.25) is 35.7 Å². The fourth-order valence-electron chi connectivity index (χ4n) is 17.8. The molecule has 496 valence electrons. The molecule has 88 heavy (non-hydrogen) atoms. The van der Waals surface area contributed by atoms with Crippen LogP contribution in [0.1, 0.15) is 256 Å². The normalized spacial score (nSPS) is 27.8. The van der Waals surface area contributed by atoms with E-state index in [0.29, 0.717) is 139 Å². The standard InChI is InChI=1S/C64H114N18O6/c1-53(2)29-41(30-54(3,4)77(53)83)65-47-69-48(66-42-31-55(5,6)78(84)56(7,8)32-42)72-51(71-47)75(45-37-61(17,18)81(87)62(19,20)38-45)27-25-26-28-76(46-39-63(21,22)82(88)64(23,24)40-46)52-73-49(67-43-33-57(9,10)79(85)58(11,12)34-43)70-50(74-52)68-44-35-59(13,14)80(86)60(15,16)36-44/h41-46H,25-40H2,1-24H3,(H2,65,66,69,71,72)(H2,67,68,70,73,74). The van der Waals surface area contributed by atoms with Crippen molar-refractivity contribution in [1.29, 1.82) is 0 Å². The molecule has 0 bridgehead atoms. The first-order valence-corrected chi connectivity index (χ1v) is 32.9. The molecule has 6 saturated heterocycles. The van der Waals surface area contributed by atoms with Crippen LogP contribution in [0.2, 0.25) is 0 Å². The highest BCUT2D eigenvalue weighted by Crippen LogP contribution is 2.46. The maximum absolute atomic E-state index is 14.1. The minimum atomic E-state index is -0.731. The SMILES string of the molecule is CC1(C)CC(Nc2nc(NC3CC(C)(C)N([O])C(C)(C)C3)nc(N(CCCCN(c3nc(NC4CC(C)(C)N([O])C(C)(C)C4)nc(NC4CC(C)(C)N([O])C(C)(C)C4)n3)C3CC(C)(C)N([O])C(C)(C)C3)C3CC(C)(C)N([O])C(C)(C)C3)n2)CC(C)(C)N1[O]. The van der Waals surface area contributed by atoms with Gasteiger partial charge in [0.1, 0.15) is 0 Å². The molecule has 8 heterocycles. The number of hydroxylamine groups is 12. The van der Waals surface area contributed by atoms with Crippen LogP contribution in [-0.2, 0) is 31.2 Å². The average Bonchev–Trinajstić information content (AvgIpc) is 1.64. The van der Waals surface area contributed by atoms with Crippen molar-refractivity contribution in [2.45, 2.75) is 359 Å². The van der Waals surface area contributed by atoms with Gasteiger partial charge in [0, 0.05) is 116 Å². The molecular formula is C64H114N18O6. The fourth-order valence-corrected chi connectivity index (χ4v) is 17.8. The molecule has 6 fully saturated rings. The van der Waals surface area contributed by atoms with Crippen molar-refractivity contribution in [1.82, 2.24) is 60.3 Å². The Kier molecular flexibility index (Phi) is 18.9. The third-order valence-corrected chi connectivity index (χ3v) is 20.5. The van der Waals surface area contributed by atoms with E-state index < -0.39 is 66.5 Å². The van der Waals surface area contributed by atoms with E-state index in [2.05, 4.69) is 31.1 Å². The summed E-state index contributed by atoms with van der Waals surface area (Å²) in [6.45, 7) is 48.8. The van der Waals surface area contributed by atoms with Crippen LogP contribution in [0.5, 0.6) is 0 Å². The summed E-state index contributed by atoms with van der Waals surface area (Å²) in [7, 11) is 0. The Morgan fingerprint density at radius 1 is 0.284 bits per heavy atom. The number of anilines is 6. The van der Waals surface area contributed by atoms with Crippen LogP contribution in [0.15, 0.2) is 0 Å². The number of piperidine rings is 6. The summed E-state index contributed by atoms with van der Waals surface area (Å²) in [5.41, 5.74) is -8.20. The summed E-state index contributed by atoms with van der Waals surface area (Å²) in [6, 6.07) is -0.891. The summed E-state index contributed by atoms with van der Waals surface area (Å²) in [4.78, 5) is 36.0. The molecular weight excluding hydrogens is 1120 g/mol. The zero-order valence-corrected chi connectivity index (χ0v) is 58.5. The number of hydrogen-bond donors (Lipinski definition) is 4. The van der Waals surface area contributed by atoms with E-state index in [1.54, 1.807) is 0 Å². The lowest BCUT2D eigenvalue weighted by molar-refractivity contribution is -0.289. The fraction of sp³-hybridized carbons (Fsp3) is 0.906. The molecule has 0 atom stereocenters. The van der Waals surface area contributed by atoms with Crippen molar-refractivity contribution in [3.8, 4) is 0 Å². The van der Waals surface area contributed by atoms with Crippen molar-refractivity contribution >= 4 is 35.7 Å². The van der Waals surface area contributed by atoms with Crippen LogP contribution < -0.4 is 31.1 Å². The van der Waals surface area contributed by atoms with Gasteiger partial charge in [0.15, 0.2) is 0 Å². The minimum absolute atomic E-state index is 0.139. The Bertz CT molecular complexity index is 2350. The first-order valence-electron chi connectivity index (χ1n) is 32.9. The quantitative estimate of drug-likeness (QED) is 0.107. The monoisotopic (exact) mass is 1230 g/mol. The molecule has 2 aromatic heterocycles. The smallest absolute Gasteiger partial charge is 0.232 e. The minimum Gasteiger partial charge on any atom is -0.351 e. The van der Waals surface area contributed by atoms with Crippen molar-refractivity contribution < 1.29 is 31.2 Å². The number of unbranched alkanes of at least 4 members (excludes halogenated alkanes) is 1. The van der Waals surface area contributed by atoms with E-state index in [4.69, 9.17) is 29.9 Å².